The zero-order valence-corrected chi connectivity index (χ0v) is 11.7. The number of nitrogens with one attached hydrogen (secondary N) is 1. The van der Waals surface area contributed by atoms with E-state index >= 15 is 0 Å². The van der Waals surface area contributed by atoms with Crippen molar-refractivity contribution in [3.8, 4) is 0 Å². The maximum absolute atomic E-state index is 13.3. The Morgan fingerprint density at radius 2 is 2.30 bits per heavy atom. The molecule has 2 unspecified atom stereocenters. The number of halogens is 1. The molecule has 1 aromatic carbocycles. The highest BCUT2D eigenvalue weighted by molar-refractivity contribution is 5.77. The van der Waals surface area contributed by atoms with Crippen LogP contribution < -0.4 is 5.48 Å². The van der Waals surface area contributed by atoms with E-state index in [2.05, 4.69) is 6.58 Å². The van der Waals surface area contributed by atoms with Crippen LogP contribution in [0.5, 0.6) is 0 Å². The van der Waals surface area contributed by atoms with E-state index in [9.17, 15) is 9.18 Å². The Kier molecular flexibility index (Phi) is 6.35. The van der Waals surface area contributed by atoms with Gasteiger partial charge in [-0.3, -0.25) is 10.0 Å². The number of benzene rings is 1. The number of carbonyl (C=O) groups excluding carboxylic acids is 1. The average molecular weight is 281 g/mol. The van der Waals surface area contributed by atoms with Gasteiger partial charge in [0.1, 0.15) is 5.82 Å². The van der Waals surface area contributed by atoms with Crippen LogP contribution in [0.1, 0.15) is 30.1 Å². The molecule has 0 bridgehead atoms. The van der Waals surface area contributed by atoms with Gasteiger partial charge >= 0.3 is 0 Å². The van der Waals surface area contributed by atoms with Gasteiger partial charge in [0.15, 0.2) is 0 Å². The van der Waals surface area contributed by atoms with Crippen LogP contribution in [-0.4, -0.2) is 18.2 Å². The number of aryl methyl sites for hydroxylation is 1. The first-order valence-corrected chi connectivity index (χ1v) is 6.37. The summed E-state index contributed by atoms with van der Waals surface area (Å²) in [4.78, 5) is 11.6. The normalized spacial score (nSPS) is 13.6. The van der Waals surface area contributed by atoms with Crippen molar-refractivity contribution in [3.63, 3.8) is 0 Å². The summed E-state index contributed by atoms with van der Waals surface area (Å²) >= 11 is 0. The van der Waals surface area contributed by atoms with Gasteiger partial charge in [0.25, 0.3) is 0 Å². The van der Waals surface area contributed by atoms with E-state index in [-0.39, 0.29) is 11.9 Å². The lowest BCUT2D eigenvalue weighted by molar-refractivity contribution is -0.134. The van der Waals surface area contributed by atoms with Gasteiger partial charge in [0.05, 0.1) is 6.10 Å². The SMILES string of the molecule is C=CCC(CC(OC)c1ccc(F)c(C)c1)C(=O)NO. The Morgan fingerprint density at radius 1 is 1.60 bits per heavy atom. The topological polar surface area (TPSA) is 58.6 Å². The molecule has 0 aliphatic carbocycles. The molecule has 2 N–H and O–H groups in total. The first-order valence-electron chi connectivity index (χ1n) is 6.37. The van der Waals surface area contributed by atoms with E-state index in [1.165, 1.54) is 13.2 Å². The number of carbonyl (C=O) groups is 1. The number of amides is 1. The number of rotatable bonds is 7. The van der Waals surface area contributed by atoms with E-state index in [4.69, 9.17) is 9.94 Å². The Balaban J connectivity index is 2.90. The van der Waals surface area contributed by atoms with E-state index in [0.29, 0.717) is 18.4 Å². The molecule has 0 saturated heterocycles. The molecule has 4 nitrogen and oxygen atoms in total. The largest absolute Gasteiger partial charge is 0.377 e. The third kappa shape index (κ3) is 4.15. The van der Waals surface area contributed by atoms with Gasteiger partial charge in [-0.05, 0) is 37.0 Å². The predicted molar refractivity (Wildman–Crippen MR) is 73.7 cm³/mol. The lowest BCUT2D eigenvalue weighted by atomic mass is 9.93. The van der Waals surface area contributed by atoms with Crippen molar-refractivity contribution in [1.82, 2.24) is 5.48 Å². The van der Waals surface area contributed by atoms with Crippen LogP contribution in [0.4, 0.5) is 4.39 Å². The zero-order chi connectivity index (χ0) is 15.1. The summed E-state index contributed by atoms with van der Waals surface area (Å²) in [6.07, 6.45) is 2.06. The molecule has 0 aliphatic heterocycles. The molecule has 0 aromatic heterocycles. The summed E-state index contributed by atoms with van der Waals surface area (Å²) in [5.41, 5.74) is 2.97. The standard InChI is InChI=1S/C15H20FNO3/c1-4-5-12(15(18)17-19)9-14(20-3)11-6-7-13(16)10(2)8-11/h4,6-8,12,14,19H,1,5,9H2,2-3H3,(H,17,18). The van der Waals surface area contributed by atoms with Crippen LogP contribution in [0, 0.1) is 18.7 Å². The summed E-state index contributed by atoms with van der Waals surface area (Å²) < 4.78 is 18.7. The van der Waals surface area contributed by atoms with Crippen molar-refractivity contribution in [2.45, 2.75) is 25.9 Å². The second-order valence-electron chi connectivity index (χ2n) is 4.67. The minimum atomic E-state index is -0.481. The highest BCUT2D eigenvalue weighted by atomic mass is 19.1. The number of hydrogen-bond donors (Lipinski definition) is 2. The first-order chi connectivity index (χ1) is 9.53. The summed E-state index contributed by atoms with van der Waals surface area (Å²) in [5.74, 6) is -1.21. The molecule has 0 saturated carbocycles. The monoisotopic (exact) mass is 281 g/mol. The summed E-state index contributed by atoms with van der Waals surface area (Å²) in [6, 6.07) is 4.72. The fourth-order valence-corrected chi connectivity index (χ4v) is 2.10. The van der Waals surface area contributed by atoms with Crippen LogP contribution in [0.25, 0.3) is 0 Å². The predicted octanol–water partition coefficient (Wildman–Crippen LogP) is 2.91. The van der Waals surface area contributed by atoms with E-state index in [1.54, 1.807) is 30.6 Å². The number of allylic oxidation sites excluding steroid dienone is 1. The van der Waals surface area contributed by atoms with Gasteiger partial charge in [0, 0.05) is 13.0 Å². The molecule has 0 heterocycles. The molecule has 0 radical (unpaired) electrons. The molecule has 0 fully saturated rings. The summed E-state index contributed by atoms with van der Waals surface area (Å²) in [6.45, 7) is 5.27. The molecule has 1 amide bonds. The molecule has 20 heavy (non-hydrogen) atoms. The van der Waals surface area contributed by atoms with Gasteiger partial charge in [-0.2, -0.15) is 0 Å². The fraction of sp³-hybridized carbons (Fsp3) is 0.400. The van der Waals surface area contributed by atoms with Crippen LogP contribution in [0.3, 0.4) is 0 Å². The van der Waals surface area contributed by atoms with Crippen molar-refractivity contribution >= 4 is 5.91 Å². The highest BCUT2D eigenvalue weighted by Gasteiger charge is 2.23. The number of hydroxylamine groups is 1. The second kappa shape index (κ2) is 7.77. The Hall–Kier alpha value is -1.72. The minimum absolute atomic E-state index is 0.278. The Morgan fingerprint density at radius 3 is 2.80 bits per heavy atom. The lowest BCUT2D eigenvalue weighted by Crippen LogP contribution is -2.29. The lowest BCUT2D eigenvalue weighted by Gasteiger charge is -2.21. The Bertz CT molecular complexity index is 476. The maximum Gasteiger partial charge on any atom is 0.246 e. The number of methoxy groups -OCH3 is 1. The van der Waals surface area contributed by atoms with Crippen molar-refractivity contribution < 1.29 is 19.1 Å². The van der Waals surface area contributed by atoms with Gasteiger partial charge in [-0.15, -0.1) is 6.58 Å². The molecule has 1 aromatic rings. The first kappa shape index (κ1) is 16.3. The third-order valence-electron chi connectivity index (χ3n) is 3.27. The van der Waals surface area contributed by atoms with Crippen molar-refractivity contribution in [2.75, 3.05) is 7.11 Å². The van der Waals surface area contributed by atoms with Crippen LogP contribution in [0.15, 0.2) is 30.9 Å². The van der Waals surface area contributed by atoms with Crippen LogP contribution >= 0.6 is 0 Å². The number of hydrogen-bond acceptors (Lipinski definition) is 3. The molecule has 5 heteroatoms. The average Bonchev–Trinajstić information content (AvgIpc) is 2.45. The minimum Gasteiger partial charge on any atom is -0.377 e. The van der Waals surface area contributed by atoms with Crippen molar-refractivity contribution in [3.05, 3.63) is 47.8 Å². The van der Waals surface area contributed by atoms with Gasteiger partial charge in [-0.1, -0.05) is 18.2 Å². The molecule has 0 spiro atoms. The second-order valence-corrected chi connectivity index (χ2v) is 4.67. The summed E-state index contributed by atoms with van der Waals surface area (Å²) in [5, 5.41) is 8.74. The van der Waals surface area contributed by atoms with Gasteiger partial charge in [0.2, 0.25) is 5.91 Å². The highest BCUT2D eigenvalue weighted by Crippen LogP contribution is 2.27. The van der Waals surface area contributed by atoms with Gasteiger partial charge < -0.3 is 4.74 Å². The van der Waals surface area contributed by atoms with Crippen molar-refractivity contribution in [2.24, 2.45) is 5.92 Å². The summed E-state index contributed by atoms with van der Waals surface area (Å²) in [7, 11) is 1.53. The third-order valence-corrected chi connectivity index (χ3v) is 3.27. The molecule has 2 atom stereocenters. The quantitative estimate of drug-likeness (QED) is 0.459. The van der Waals surface area contributed by atoms with E-state index in [1.807, 2.05) is 0 Å². The molecular weight excluding hydrogens is 261 g/mol. The van der Waals surface area contributed by atoms with Crippen LogP contribution in [-0.2, 0) is 9.53 Å². The molecule has 1 rings (SSSR count). The number of ether oxygens (including phenoxy) is 1. The smallest absolute Gasteiger partial charge is 0.246 e. The van der Waals surface area contributed by atoms with E-state index < -0.39 is 11.8 Å². The molecule has 0 aliphatic rings. The van der Waals surface area contributed by atoms with E-state index in [0.717, 1.165) is 5.56 Å². The zero-order valence-electron chi connectivity index (χ0n) is 11.7. The van der Waals surface area contributed by atoms with Crippen molar-refractivity contribution in [1.29, 1.82) is 0 Å². The van der Waals surface area contributed by atoms with Gasteiger partial charge in [-0.25, -0.2) is 9.87 Å². The van der Waals surface area contributed by atoms with Crippen LogP contribution in [0.2, 0.25) is 0 Å². The maximum atomic E-state index is 13.3. The molecular formula is C15H20FNO3. The Labute approximate surface area is 118 Å². The fourth-order valence-electron chi connectivity index (χ4n) is 2.10. The molecule has 110 valence electrons.